The second kappa shape index (κ2) is 22.0. The minimum absolute atomic E-state index is 0.283. The summed E-state index contributed by atoms with van der Waals surface area (Å²) in [5.41, 5.74) is 0. The number of alkyl carbamates (subject to hydrolysis) is 1. The smallest absolute Gasteiger partial charge is 0.407 e. The van der Waals surface area contributed by atoms with Crippen LogP contribution in [0.5, 0.6) is 0 Å². The molecule has 1 amide bonds. The standard InChI is InChI=1S/C26H51NO4/c1-5-7-8-9-10-11-12-13-14-15-16-17-18-19-20-21-31-25(28)24(22-23(3)4)27-26(29)30-6-2/h23-24H,5-22H2,1-4H3,(H,27,29). The summed E-state index contributed by atoms with van der Waals surface area (Å²) in [6.45, 7) is 8.76. The van der Waals surface area contributed by atoms with Crippen molar-refractivity contribution in [2.24, 2.45) is 5.92 Å². The SMILES string of the molecule is CCCCCCCCCCCCCCCCCOC(=O)C(CC(C)C)NC(=O)OCC. The van der Waals surface area contributed by atoms with Gasteiger partial charge < -0.3 is 14.8 Å². The van der Waals surface area contributed by atoms with Gasteiger partial charge in [0.15, 0.2) is 0 Å². The Morgan fingerprint density at radius 2 is 1.13 bits per heavy atom. The van der Waals surface area contributed by atoms with Crippen molar-refractivity contribution in [3.8, 4) is 0 Å². The molecule has 0 aliphatic heterocycles. The fourth-order valence-corrected chi connectivity index (χ4v) is 3.75. The van der Waals surface area contributed by atoms with E-state index >= 15 is 0 Å². The predicted octanol–water partition coefficient (Wildman–Crippen LogP) is 7.56. The van der Waals surface area contributed by atoms with Gasteiger partial charge in [-0.3, -0.25) is 0 Å². The molecule has 0 aromatic rings. The summed E-state index contributed by atoms with van der Waals surface area (Å²) in [7, 11) is 0. The molecule has 0 aromatic heterocycles. The highest BCUT2D eigenvalue weighted by atomic mass is 16.6. The summed E-state index contributed by atoms with van der Waals surface area (Å²) in [6, 6.07) is -0.629. The van der Waals surface area contributed by atoms with E-state index in [-0.39, 0.29) is 18.5 Å². The van der Waals surface area contributed by atoms with E-state index in [4.69, 9.17) is 9.47 Å². The maximum absolute atomic E-state index is 12.3. The highest BCUT2D eigenvalue weighted by molar-refractivity contribution is 5.81. The summed E-state index contributed by atoms with van der Waals surface area (Å²) in [5, 5.41) is 2.62. The quantitative estimate of drug-likeness (QED) is 0.147. The van der Waals surface area contributed by atoms with E-state index in [1.807, 2.05) is 13.8 Å². The third kappa shape index (κ3) is 20.4. The van der Waals surface area contributed by atoms with Crippen LogP contribution in [0, 0.1) is 5.92 Å². The first-order valence-corrected chi connectivity index (χ1v) is 13.1. The first-order chi connectivity index (χ1) is 15.0. The number of rotatable bonds is 21. The molecule has 0 radical (unpaired) electrons. The highest BCUT2D eigenvalue weighted by Gasteiger charge is 2.23. The molecule has 0 aliphatic carbocycles. The Labute approximate surface area is 192 Å². The molecule has 5 nitrogen and oxygen atoms in total. The number of unbranched alkanes of at least 4 members (excludes halogenated alkanes) is 14. The number of carbonyl (C=O) groups is 2. The van der Waals surface area contributed by atoms with Crippen LogP contribution in [0.25, 0.3) is 0 Å². The summed E-state index contributed by atoms with van der Waals surface area (Å²) in [6.07, 6.45) is 19.7. The average molecular weight is 442 g/mol. The van der Waals surface area contributed by atoms with Gasteiger partial charge >= 0.3 is 12.1 Å². The van der Waals surface area contributed by atoms with E-state index in [0.717, 1.165) is 12.8 Å². The lowest BCUT2D eigenvalue weighted by Gasteiger charge is -2.19. The van der Waals surface area contributed by atoms with E-state index in [1.165, 1.54) is 83.5 Å². The molecule has 0 spiro atoms. The Balaban J connectivity index is 3.58. The van der Waals surface area contributed by atoms with E-state index in [1.54, 1.807) is 6.92 Å². The van der Waals surface area contributed by atoms with Crippen molar-refractivity contribution in [2.75, 3.05) is 13.2 Å². The largest absolute Gasteiger partial charge is 0.464 e. The number of esters is 1. The molecule has 0 aliphatic rings. The molecule has 31 heavy (non-hydrogen) atoms. The molecule has 0 saturated carbocycles. The summed E-state index contributed by atoms with van der Waals surface area (Å²) < 4.78 is 10.3. The lowest BCUT2D eigenvalue weighted by Crippen LogP contribution is -2.43. The molecule has 0 aromatic carbocycles. The normalized spacial score (nSPS) is 12.0. The molecular weight excluding hydrogens is 390 g/mol. The molecule has 0 rings (SSSR count). The molecule has 0 saturated heterocycles. The molecule has 5 heteroatoms. The third-order valence-electron chi connectivity index (χ3n) is 5.55. The highest BCUT2D eigenvalue weighted by Crippen LogP contribution is 2.13. The Hall–Kier alpha value is -1.26. The van der Waals surface area contributed by atoms with Crippen LogP contribution in [-0.4, -0.2) is 31.3 Å². The second-order valence-electron chi connectivity index (χ2n) is 9.16. The number of ether oxygens (including phenoxy) is 2. The molecule has 1 N–H and O–H groups in total. The maximum Gasteiger partial charge on any atom is 0.407 e. The van der Waals surface area contributed by atoms with Crippen LogP contribution >= 0.6 is 0 Å². The average Bonchev–Trinajstić information content (AvgIpc) is 2.72. The van der Waals surface area contributed by atoms with Crippen LogP contribution < -0.4 is 5.32 Å². The van der Waals surface area contributed by atoms with Crippen molar-refractivity contribution in [1.82, 2.24) is 5.32 Å². The van der Waals surface area contributed by atoms with Gasteiger partial charge in [-0.05, 0) is 25.7 Å². The van der Waals surface area contributed by atoms with Crippen LogP contribution in [0.4, 0.5) is 4.79 Å². The van der Waals surface area contributed by atoms with Crippen LogP contribution in [-0.2, 0) is 14.3 Å². The monoisotopic (exact) mass is 441 g/mol. The first kappa shape index (κ1) is 29.7. The molecule has 184 valence electrons. The van der Waals surface area contributed by atoms with Crippen LogP contribution in [0.2, 0.25) is 0 Å². The Bertz CT molecular complexity index is 426. The fourth-order valence-electron chi connectivity index (χ4n) is 3.75. The van der Waals surface area contributed by atoms with Gasteiger partial charge in [-0.2, -0.15) is 0 Å². The number of amides is 1. The third-order valence-corrected chi connectivity index (χ3v) is 5.55. The van der Waals surface area contributed by atoms with Gasteiger partial charge in [0.05, 0.1) is 13.2 Å². The van der Waals surface area contributed by atoms with Crippen molar-refractivity contribution in [1.29, 1.82) is 0 Å². The lowest BCUT2D eigenvalue weighted by atomic mass is 10.0. The summed E-state index contributed by atoms with van der Waals surface area (Å²) in [4.78, 5) is 23.9. The number of nitrogens with one attached hydrogen (secondary N) is 1. The van der Waals surface area contributed by atoms with Crippen LogP contribution in [0.15, 0.2) is 0 Å². The number of carbonyl (C=O) groups excluding carboxylic acids is 2. The molecular formula is C26H51NO4. The predicted molar refractivity (Wildman–Crippen MR) is 129 cm³/mol. The van der Waals surface area contributed by atoms with Gasteiger partial charge in [0.1, 0.15) is 6.04 Å². The minimum Gasteiger partial charge on any atom is -0.464 e. The van der Waals surface area contributed by atoms with Crippen LogP contribution in [0.1, 0.15) is 130 Å². The van der Waals surface area contributed by atoms with Crippen molar-refractivity contribution in [3.63, 3.8) is 0 Å². The lowest BCUT2D eigenvalue weighted by molar-refractivity contribution is -0.146. The van der Waals surface area contributed by atoms with Gasteiger partial charge in [0.2, 0.25) is 0 Å². The van der Waals surface area contributed by atoms with E-state index in [9.17, 15) is 9.59 Å². The van der Waals surface area contributed by atoms with Gasteiger partial charge in [0, 0.05) is 0 Å². The van der Waals surface area contributed by atoms with E-state index < -0.39 is 12.1 Å². The number of hydrogen-bond acceptors (Lipinski definition) is 4. The maximum atomic E-state index is 12.3. The minimum atomic E-state index is -0.629. The van der Waals surface area contributed by atoms with E-state index in [0.29, 0.717) is 13.0 Å². The fraction of sp³-hybridized carbons (Fsp3) is 0.923. The van der Waals surface area contributed by atoms with Crippen molar-refractivity contribution < 1.29 is 19.1 Å². The topological polar surface area (TPSA) is 64.6 Å². The zero-order chi connectivity index (χ0) is 23.2. The van der Waals surface area contributed by atoms with Crippen molar-refractivity contribution in [2.45, 2.75) is 136 Å². The van der Waals surface area contributed by atoms with Gasteiger partial charge in [0.25, 0.3) is 0 Å². The van der Waals surface area contributed by atoms with Crippen molar-refractivity contribution >= 4 is 12.1 Å². The first-order valence-electron chi connectivity index (χ1n) is 13.1. The number of hydrogen-bond donors (Lipinski definition) is 1. The molecule has 0 heterocycles. The van der Waals surface area contributed by atoms with Crippen molar-refractivity contribution in [3.05, 3.63) is 0 Å². The van der Waals surface area contributed by atoms with E-state index in [2.05, 4.69) is 12.2 Å². The Kier molecular flexibility index (Phi) is 21.1. The zero-order valence-electron chi connectivity index (χ0n) is 21.0. The second-order valence-corrected chi connectivity index (χ2v) is 9.16. The Morgan fingerprint density at radius 3 is 1.55 bits per heavy atom. The zero-order valence-corrected chi connectivity index (χ0v) is 21.0. The molecule has 1 atom stereocenters. The summed E-state index contributed by atoms with van der Waals surface area (Å²) >= 11 is 0. The van der Waals surface area contributed by atoms with Gasteiger partial charge in [-0.15, -0.1) is 0 Å². The molecule has 0 fully saturated rings. The Morgan fingerprint density at radius 1 is 0.677 bits per heavy atom. The molecule has 0 bridgehead atoms. The van der Waals surface area contributed by atoms with Gasteiger partial charge in [-0.25, -0.2) is 9.59 Å². The molecule has 1 unspecified atom stereocenters. The van der Waals surface area contributed by atoms with Gasteiger partial charge in [-0.1, -0.05) is 111 Å². The van der Waals surface area contributed by atoms with Crippen LogP contribution in [0.3, 0.4) is 0 Å². The summed E-state index contributed by atoms with van der Waals surface area (Å²) in [5.74, 6) is -0.0719.